The van der Waals surface area contributed by atoms with Gasteiger partial charge in [0.2, 0.25) is 0 Å². The first kappa shape index (κ1) is 20.9. The largest absolute Gasteiger partial charge is 0.452 e. The van der Waals surface area contributed by atoms with Crippen LogP contribution in [-0.4, -0.2) is 60.5 Å². The van der Waals surface area contributed by atoms with E-state index < -0.39 is 15.8 Å². The van der Waals surface area contributed by atoms with Crippen LogP contribution in [0.3, 0.4) is 0 Å². The van der Waals surface area contributed by atoms with Gasteiger partial charge in [0.15, 0.2) is 16.4 Å². The maximum Gasteiger partial charge on any atom is 0.340 e. The molecule has 2 aliphatic rings. The summed E-state index contributed by atoms with van der Waals surface area (Å²) >= 11 is 0. The van der Waals surface area contributed by atoms with Crippen LogP contribution in [0.4, 0.5) is 0 Å². The smallest absolute Gasteiger partial charge is 0.340 e. The molecule has 1 aromatic rings. The first-order valence-corrected chi connectivity index (χ1v) is 11.8. The van der Waals surface area contributed by atoms with Crippen molar-refractivity contribution in [2.75, 3.05) is 24.7 Å². The normalized spacial score (nSPS) is 21.1. The molecular formula is C20H30N2O5S. The number of hydrogen-bond acceptors (Lipinski definition) is 5. The van der Waals surface area contributed by atoms with Gasteiger partial charge in [0.25, 0.3) is 5.91 Å². The van der Waals surface area contributed by atoms with Crippen LogP contribution >= 0.6 is 0 Å². The van der Waals surface area contributed by atoms with Crippen molar-refractivity contribution in [1.29, 1.82) is 0 Å². The third kappa shape index (κ3) is 4.59. The molecule has 0 aromatic carbocycles. The molecule has 1 saturated carbocycles. The second-order valence-electron chi connectivity index (χ2n) is 8.46. The van der Waals surface area contributed by atoms with Gasteiger partial charge in [-0.25, -0.2) is 13.2 Å². The van der Waals surface area contributed by atoms with Gasteiger partial charge < -0.3 is 14.2 Å². The van der Waals surface area contributed by atoms with E-state index >= 15 is 0 Å². The Bertz CT molecular complexity index is 867. The number of aryl methyl sites for hydroxylation is 1. The molecule has 0 N–H and O–H groups in total. The molecule has 1 saturated heterocycles. The number of ether oxygens (including phenoxy) is 1. The lowest BCUT2D eigenvalue weighted by Gasteiger charge is -2.29. The summed E-state index contributed by atoms with van der Waals surface area (Å²) in [6, 6.07) is 1.95. The maximum absolute atomic E-state index is 12.7. The van der Waals surface area contributed by atoms with E-state index in [4.69, 9.17) is 4.74 Å². The summed E-state index contributed by atoms with van der Waals surface area (Å²) in [5.41, 5.74) is 2.39. The summed E-state index contributed by atoms with van der Waals surface area (Å²) < 4.78 is 31.1. The molecule has 156 valence electrons. The van der Waals surface area contributed by atoms with E-state index in [9.17, 15) is 18.0 Å². The molecule has 3 rings (SSSR count). The summed E-state index contributed by atoms with van der Waals surface area (Å²) in [6.45, 7) is 7.91. The van der Waals surface area contributed by atoms with Gasteiger partial charge in [0.1, 0.15) is 0 Å². The zero-order valence-electron chi connectivity index (χ0n) is 17.1. The number of esters is 1. The number of rotatable bonds is 7. The van der Waals surface area contributed by atoms with Crippen molar-refractivity contribution in [1.82, 2.24) is 9.47 Å². The van der Waals surface area contributed by atoms with E-state index in [0.717, 1.165) is 24.2 Å². The minimum absolute atomic E-state index is 0.0120. The number of hydrogen-bond donors (Lipinski definition) is 0. The molecule has 8 heteroatoms. The number of amides is 1. The highest BCUT2D eigenvalue weighted by atomic mass is 32.2. The number of carbonyl (C=O) groups is 2. The standard InChI is InChI=1S/C20H30N2O5S/c1-13(2)10-21(17-7-8-28(25,26)12-17)19(23)11-27-20(24)18-9-14(3)22(15(18)4)16-5-6-16/h9,13,16-17H,5-8,10-12H2,1-4H3. The van der Waals surface area contributed by atoms with Crippen LogP contribution in [0.25, 0.3) is 0 Å². The van der Waals surface area contributed by atoms with Crippen molar-refractivity contribution >= 4 is 21.7 Å². The molecular weight excluding hydrogens is 380 g/mol. The van der Waals surface area contributed by atoms with Crippen LogP contribution in [0.2, 0.25) is 0 Å². The minimum atomic E-state index is -3.10. The van der Waals surface area contributed by atoms with Crippen molar-refractivity contribution in [2.24, 2.45) is 5.92 Å². The van der Waals surface area contributed by atoms with Gasteiger partial charge in [-0.15, -0.1) is 0 Å². The van der Waals surface area contributed by atoms with E-state index in [2.05, 4.69) is 4.57 Å². The fourth-order valence-corrected chi connectivity index (χ4v) is 5.77. The van der Waals surface area contributed by atoms with Gasteiger partial charge in [-0.3, -0.25) is 4.79 Å². The van der Waals surface area contributed by atoms with Crippen LogP contribution in [0, 0.1) is 19.8 Å². The second-order valence-corrected chi connectivity index (χ2v) is 10.7. The first-order chi connectivity index (χ1) is 13.1. The van der Waals surface area contributed by atoms with Gasteiger partial charge in [-0.05, 0) is 45.1 Å². The first-order valence-electron chi connectivity index (χ1n) is 9.94. The van der Waals surface area contributed by atoms with Crippen molar-refractivity contribution in [2.45, 2.75) is 59.0 Å². The van der Waals surface area contributed by atoms with Crippen LogP contribution in [0.15, 0.2) is 6.07 Å². The Morgan fingerprint density at radius 2 is 1.93 bits per heavy atom. The van der Waals surface area contributed by atoms with Gasteiger partial charge in [-0.1, -0.05) is 13.8 Å². The van der Waals surface area contributed by atoms with Crippen molar-refractivity contribution in [3.8, 4) is 0 Å². The van der Waals surface area contributed by atoms with Crippen LogP contribution in [-0.2, 0) is 19.4 Å². The average molecular weight is 411 g/mol. The Labute approximate surface area is 166 Å². The van der Waals surface area contributed by atoms with E-state index in [1.807, 2.05) is 33.8 Å². The second kappa shape index (κ2) is 7.89. The highest BCUT2D eigenvalue weighted by Crippen LogP contribution is 2.38. The van der Waals surface area contributed by atoms with Crippen LogP contribution in [0.1, 0.15) is 60.9 Å². The molecule has 28 heavy (non-hydrogen) atoms. The molecule has 2 heterocycles. The van der Waals surface area contributed by atoms with Gasteiger partial charge in [0, 0.05) is 30.0 Å². The molecule has 1 amide bonds. The third-order valence-corrected chi connectivity index (χ3v) is 7.22. The van der Waals surface area contributed by atoms with Crippen LogP contribution in [0.5, 0.6) is 0 Å². The lowest BCUT2D eigenvalue weighted by Crippen LogP contribution is -2.45. The SMILES string of the molecule is Cc1cc(C(=O)OCC(=O)N(CC(C)C)C2CCS(=O)(=O)C2)c(C)n1C1CC1. The molecule has 1 aliphatic heterocycles. The summed E-state index contributed by atoms with van der Waals surface area (Å²) in [5.74, 6) is -0.550. The topological polar surface area (TPSA) is 85.7 Å². The summed E-state index contributed by atoms with van der Waals surface area (Å²) in [4.78, 5) is 26.9. The zero-order chi connectivity index (χ0) is 20.6. The van der Waals surface area contributed by atoms with E-state index in [0.29, 0.717) is 24.6 Å². The molecule has 2 fully saturated rings. The quantitative estimate of drug-likeness (QED) is 0.644. The summed E-state index contributed by atoms with van der Waals surface area (Å²) in [5, 5.41) is 0. The van der Waals surface area contributed by atoms with E-state index in [1.165, 1.54) is 0 Å². The summed E-state index contributed by atoms with van der Waals surface area (Å²) in [7, 11) is -3.10. The van der Waals surface area contributed by atoms with Gasteiger partial charge in [-0.2, -0.15) is 0 Å². The maximum atomic E-state index is 12.7. The highest BCUT2D eigenvalue weighted by Gasteiger charge is 2.35. The monoisotopic (exact) mass is 410 g/mol. The lowest BCUT2D eigenvalue weighted by molar-refractivity contribution is -0.137. The predicted octanol–water partition coefficient (Wildman–Crippen LogP) is 2.27. The fourth-order valence-electron chi connectivity index (χ4n) is 4.04. The molecule has 0 bridgehead atoms. The Morgan fingerprint density at radius 1 is 1.25 bits per heavy atom. The van der Waals surface area contributed by atoms with Gasteiger partial charge in [0.05, 0.1) is 17.1 Å². The molecule has 0 radical (unpaired) electrons. The van der Waals surface area contributed by atoms with Crippen molar-refractivity contribution in [3.63, 3.8) is 0 Å². The summed E-state index contributed by atoms with van der Waals surface area (Å²) in [6.07, 6.45) is 2.69. The zero-order valence-corrected chi connectivity index (χ0v) is 17.9. The van der Waals surface area contributed by atoms with Crippen molar-refractivity contribution < 1.29 is 22.7 Å². The predicted molar refractivity (Wildman–Crippen MR) is 106 cm³/mol. The Kier molecular flexibility index (Phi) is 5.89. The molecule has 0 spiro atoms. The highest BCUT2D eigenvalue weighted by molar-refractivity contribution is 7.91. The van der Waals surface area contributed by atoms with E-state index in [-0.39, 0.29) is 36.0 Å². The fraction of sp³-hybridized carbons (Fsp3) is 0.700. The number of carbonyl (C=O) groups excluding carboxylic acids is 2. The average Bonchev–Trinajstić information content (AvgIpc) is 3.30. The number of nitrogens with zero attached hydrogens (tertiary/aromatic N) is 2. The minimum Gasteiger partial charge on any atom is -0.452 e. The van der Waals surface area contributed by atoms with Crippen molar-refractivity contribution in [3.05, 3.63) is 23.0 Å². The number of sulfone groups is 1. The molecule has 1 atom stereocenters. The Balaban J connectivity index is 1.65. The molecule has 1 aliphatic carbocycles. The molecule has 1 aromatic heterocycles. The van der Waals surface area contributed by atoms with Crippen LogP contribution < -0.4 is 0 Å². The Hall–Kier alpha value is -1.83. The third-order valence-electron chi connectivity index (χ3n) is 5.47. The molecule has 1 unspecified atom stereocenters. The van der Waals surface area contributed by atoms with E-state index in [1.54, 1.807) is 4.90 Å². The molecule has 7 nitrogen and oxygen atoms in total. The lowest BCUT2D eigenvalue weighted by atomic mass is 10.1. The number of aromatic nitrogens is 1. The van der Waals surface area contributed by atoms with Gasteiger partial charge >= 0.3 is 5.97 Å². The Morgan fingerprint density at radius 3 is 2.46 bits per heavy atom.